The molecule has 0 bridgehead atoms. The highest BCUT2D eigenvalue weighted by Gasteiger charge is 2.32. The van der Waals surface area contributed by atoms with E-state index in [2.05, 4.69) is 31.9 Å². The molecule has 1 aromatic heterocycles. The van der Waals surface area contributed by atoms with Crippen LogP contribution >= 0.6 is 0 Å². The van der Waals surface area contributed by atoms with Gasteiger partial charge in [-0.2, -0.15) is 0 Å². The molecule has 0 saturated carbocycles. The maximum absolute atomic E-state index is 10.7. The van der Waals surface area contributed by atoms with Gasteiger partial charge in [-0.15, -0.1) is 0 Å². The van der Waals surface area contributed by atoms with Crippen LogP contribution in [0, 0.1) is 0 Å². The van der Waals surface area contributed by atoms with Crippen LogP contribution in [0.3, 0.4) is 0 Å². The summed E-state index contributed by atoms with van der Waals surface area (Å²) in [5.74, 6) is 1.83. The molecular formula is C20H28N4O2. The Bertz CT molecular complexity index is 746. The van der Waals surface area contributed by atoms with Crippen molar-refractivity contribution < 1.29 is 9.84 Å². The molecule has 2 aliphatic rings. The number of imidazole rings is 1. The Balaban J connectivity index is 1.60. The standard InChI is InChI=1S/C20H28N4O2/c1-26-18-5-4-16(12-17(18)13-23-9-2-3-10-23)19-22-8-11-24(19)15-20(25)6-7-21-14-20/h4-5,8,11-12,21,25H,2-3,6-7,9-10,13-15H2,1H3. The van der Waals surface area contributed by atoms with Gasteiger partial charge in [-0.25, -0.2) is 4.98 Å². The van der Waals surface area contributed by atoms with Crippen molar-refractivity contribution in [3.63, 3.8) is 0 Å². The number of hydrogen-bond donors (Lipinski definition) is 2. The van der Waals surface area contributed by atoms with Gasteiger partial charge < -0.3 is 19.7 Å². The Labute approximate surface area is 154 Å². The van der Waals surface area contributed by atoms with Crippen LogP contribution < -0.4 is 10.1 Å². The number of nitrogens with one attached hydrogen (secondary N) is 1. The quantitative estimate of drug-likeness (QED) is 0.827. The van der Waals surface area contributed by atoms with Crippen molar-refractivity contribution >= 4 is 0 Å². The smallest absolute Gasteiger partial charge is 0.139 e. The first kappa shape index (κ1) is 17.5. The van der Waals surface area contributed by atoms with Gasteiger partial charge in [0, 0.05) is 36.6 Å². The fourth-order valence-electron chi connectivity index (χ4n) is 4.10. The first-order valence-electron chi connectivity index (χ1n) is 9.51. The summed E-state index contributed by atoms with van der Waals surface area (Å²) in [4.78, 5) is 7.04. The van der Waals surface area contributed by atoms with Crippen molar-refractivity contribution in [2.45, 2.75) is 38.0 Å². The average Bonchev–Trinajstić information content (AvgIpc) is 3.38. The summed E-state index contributed by atoms with van der Waals surface area (Å²) >= 11 is 0. The highest BCUT2D eigenvalue weighted by atomic mass is 16.5. The summed E-state index contributed by atoms with van der Waals surface area (Å²) in [6.45, 7) is 5.27. The molecule has 0 amide bonds. The number of aromatic nitrogens is 2. The second kappa shape index (κ2) is 7.39. The van der Waals surface area contributed by atoms with Gasteiger partial charge in [-0.1, -0.05) is 0 Å². The molecule has 3 heterocycles. The molecule has 2 aromatic rings. The average molecular weight is 356 g/mol. The molecule has 140 valence electrons. The van der Waals surface area contributed by atoms with E-state index >= 15 is 0 Å². The molecule has 1 atom stereocenters. The van der Waals surface area contributed by atoms with Gasteiger partial charge in [0.1, 0.15) is 11.6 Å². The zero-order valence-electron chi connectivity index (χ0n) is 15.4. The third-order valence-corrected chi connectivity index (χ3v) is 5.53. The Kier molecular flexibility index (Phi) is 4.98. The van der Waals surface area contributed by atoms with Crippen molar-refractivity contribution in [1.29, 1.82) is 0 Å². The number of β-amino-alcohol motifs (C(OH)–C–C–N with tert-alkyl or cyclic N) is 1. The van der Waals surface area contributed by atoms with Gasteiger partial charge in [0.25, 0.3) is 0 Å². The molecule has 1 unspecified atom stereocenters. The van der Waals surface area contributed by atoms with E-state index in [0.717, 1.165) is 49.7 Å². The molecule has 0 radical (unpaired) electrons. The van der Waals surface area contributed by atoms with Crippen LogP contribution in [-0.2, 0) is 13.1 Å². The lowest BCUT2D eigenvalue weighted by Crippen LogP contribution is -2.36. The van der Waals surface area contributed by atoms with Gasteiger partial charge in [-0.05, 0) is 57.1 Å². The van der Waals surface area contributed by atoms with Crippen molar-refractivity contribution in [3.8, 4) is 17.1 Å². The number of benzene rings is 1. The van der Waals surface area contributed by atoms with Crippen LogP contribution in [0.25, 0.3) is 11.4 Å². The van der Waals surface area contributed by atoms with E-state index in [1.807, 2.05) is 18.5 Å². The summed E-state index contributed by atoms with van der Waals surface area (Å²) in [7, 11) is 1.73. The van der Waals surface area contributed by atoms with Crippen molar-refractivity contribution in [2.24, 2.45) is 0 Å². The highest BCUT2D eigenvalue weighted by Crippen LogP contribution is 2.29. The first-order chi connectivity index (χ1) is 12.7. The van der Waals surface area contributed by atoms with Crippen LogP contribution in [-0.4, -0.2) is 58.4 Å². The third-order valence-electron chi connectivity index (χ3n) is 5.53. The van der Waals surface area contributed by atoms with Gasteiger partial charge in [0.15, 0.2) is 0 Å². The fraction of sp³-hybridized carbons (Fsp3) is 0.550. The lowest BCUT2D eigenvalue weighted by atomic mass is 10.0. The van der Waals surface area contributed by atoms with Crippen molar-refractivity contribution in [1.82, 2.24) is 19.8 Å². The summed E-state index contributed by atoms with van der Waals surface area (Å²) in [6, 6.07) is 6.28. The third kappa shape index (κ3) is 3.63. The summed E-state index contributed by atoms with van der Waals surface area (Å²) in [5, 5.41) is 14.0. The number of likely N-dealkylation sites (tertiary alicyclic amines) is 1. The number of aliphatic hydroxyl groups is 1. The Hall–Kier alpha value is -1.89. The van der Waals surface area contributed by atoms with E-state index in [-0.39, 0.29) is 0 Å². The minimum absolute atomic E-state index is 0.558. The minimum Gasteiger partial charge on any atom is -0.496 e. The molecular weight excluding hydrogens is 328 g/mol. The predicted molar refractivity (Wildman–Crippen MR) is 101 cm³/mol. The summed E-state index contributed by atoms with van der Waals surface area (Å²) in [5.41, 5.74) is 1.57. The van der Waals surface area contributed by atoms with E-state index in [1.165, 1.54) is 18.4 Å². The molecule has 2 fully saturated rings. The largest absolute Gasteiger partial charge is 0.496 e. The van der Waals surface area contributed by atoms with Crippen molar-refractivity contribution in [3.05, 3.63) is 36.2 Å². The zero-order valence-corrected chi connectivity index (χ0v) is 15.4. The molecule has 0 aliphatic carbocycles. The minimum atomic E-state index is -0.694. The van der Waals surface area contributed by atoms with Crippen LogP contribution in [0.1, 0.15) is 24.8 Å². The Morgan fingerprint density at radius 2 is 2.15 bits per heavy atom. The number of nitrogens with zero attached hydrogens (tertiary/aromatic N) is 3. The molecule has 26 heavy (non-hydrogen) atoms. The van der Waals surface area contributed by atoms with Crippen LogP contribution in [0.15, 0.2) is 30.6 Å². The normalized spacial score (nSPS) is 23.6. The lowest BCUT2D eigenvalue weighted by Gasteiger charge is -2.23. The number of hydrogen-bond acceptors (Lipinski definition) is 5. The summed E-state index contributed by atoms with van der Waals surface area (Å²) in [6.07, 6.45) is 7.09. The first-order valence-corrected chi connectivity index (χ1v) is 9.51. The Morgan fingerprint density at radius 1 is 1.31 bits per heavy atom. The second-order valence-electron chi connectivity index (χ2n) is 7.54. The maximum Gasteiger partial charge on any atom is 0.139 e. The molecule has 2 aliphatic heterocycles. The molecule has 1 aromatic carbocycles. The van der Waals surface area contributed by atoms with Crippen LogP contribution in [0.4, 0.5) is 0 Å². The number of rotatable bonds is 6. The van der Waals surface area contributed by atoms with E-state index in [0.29, 0.717) is 13.1 Å². The molecule has 2 saturated heterocycles. The molecule has 6 nitrogen and oxygen atoms in total. The zero-order chi connectivity index (χ0) is 18.0. The van der Waals surface area contributed by atoms with E-state index in [9.17, 15) is 5.11 Å². The van der Waals surface area contributed by atoms with Crippen molar-refractivity contribution in [2.75, 3.05) is 33.3 Å². The monoisotopic (exact) mass is 356 g/mol. The number of methoxy groups -OCH3 is 1. The summed E-state index contributed by atoms with van der Waals surface area (Å²) < 4.78 is 7.64. The van der Waals surface area contributed by atoms with Crippen LogP contribution in [0.2, 0.25) is 0 Å². The van der Waals surface area contributed by atoms with E-state index in [4.69, 9.17) is 4.74 Å². The second-order valence-corrected chi connectivity index (χ2v) is 7.54. The highest BCUT2D eigenvalue weighted by molar-refractivity contribution is 5.59. The Morgan fingerprint density at radius 3 is 2.88 bits per heavy atom. The predicted octanol–water partition coefficient (Wildman–Crippen LogP) is 1.88. The molecule has 2 N–H and O–H groups in total. The molecule has 0 spiro atoms. The number of ether oxygens (including phenoxy) is 1. The SMILES string of the molecule is COc1ccc(-c2nccn2CC2(O)CCNC2)cc1CN1CCCC1. The lowest BCUT2D eigenvalue weighted by molar-refractivity contribution is 0.0436. The fourth-order valence-corrected chi connectivity index (χ4v) is 4.10. The van der Waals surface area contributed by atoms with Gasteiger partial charge in [0.2, 0.25) is 0 Å². The van der Waals surface area contributed by atoms with E-state index in [1.54, 1.807) is 7.11 Å². The van der Waals surface area contributed by atoms with Gasteiger partial charge >= 0.3 is 0 Å². The van der Waals surface area contributed by atoms with Gasteiger partial charge in [0.05, 0.1) is 19.3 Å². The van der Waals surface area contributed by atoms with E-state index < -0.39 is 5.60 Å². The van der Waals surface area contributed by atoms with Crippen LogP contribution in [0.5, 0.6) is 5.75 Å². The van der Waals surface area contributed by atoms with Gasteiger partial charge in [-0.3, -0.25) is 4.90 Å². The molecule has 6 heteroatoms. The topological polar surface area (TPSA) is 62.6 Å². The maximum atomic E-state index is 10.7. The molecule has 4 rings (SSSR count).